The zero-order chi connectivity index (χ0) is 15.9. The van der Waals surface area contributed by atoms with Crippen molar-refractivity contribution in [1.82, 2.24) is 0 Å². The third-order valence-corrected chi connectivity index (χ3v) is 3.29. The van der Waals surface area contributed by atoms with Crippen molar-refractivity contribution < 1.29 is 4.79 Å². The third-order valence-electron chi connectivity index (χ3n) is 3.29. The quantitative estimate of drug-likeness (QED) is 0.852. The minimum absolute atomic E-state index is 0.219. The Balaban J connectivity index is 2.00. The summed E-state index contributed by atoms with van der Waals surface area (Å²) >= 11 is 0. The highest BCUT2D eigenvalue weighted by molar-refractivity contribution is 6.02. The number of anilines is 1. The molecule has 0 atom stereocenters. The molecule has 0 aliphatic heterocycles. The van der Waals surface area contributed by atoms with Gasteiger partial charge in [0.05, 0.1) is 11.6 Å². The van der Waals surface area contributed by atoms with Crippen molar-refractivity contribution in [3.8, 4) is 6.07 Å². The van der Waals surface area contributed by atoms with Gasteiger partial charge in [-0.25, -0.2) is 0 Å². The average molecular weight is 290 g/mol. The van der Waals surface area contributed by atoms with Gasteiger partial charge in [0.25, 0.3) is 0 Å². The van der Waals surface area contributed by atoms with Crippen molar-refractivity contribution in [3.63, 3.8) is 0 Å². The second kappa shape index (κ2) is 7.24. The molecule has 0 unspecified atom stereocenters. The smallest absolute Gasteiger partial charge is 0.248 e. The van der Waals surface area contributed by atoms with Crippen LogP contribution in [0, 0.1) is 11.3 Å². The second-order valence-electron chi connectivity index (χ2n) is 5.34. The molecule has 0 aromatic heterocycles. The Morgan fingerprint density at radius 2 is 1.91 bits per heavy atom. The van der Waals surface area contributed by atoms with E-state index in [1.807, 2.05) is 18.2 Å². The van der Waals surface area contributed by atoms with Crippen molar-refractivity contribution in [2.75, 3.05) is 5.32 Å². The van der Waals surface area contributed by atoms with Gasteiger partial charge >= 0.3 is 0 Å². The van der Waals surface area contributed by atoms with E-state index in [0.717, 1.165) is 5.56 Å². The fourth-order valence-electron chi connectivity index (χ4n) is 2.01. The molecule has 0 aliphatic rings. The fourth-order valence-corrected chi connectivity index (χ4v) is 2.01. The molecule has 2 aromatic rings. The van der Waals surface area contributed by atoms with Crippen molar-refractivity contribution in [2.45, 2.75) is 19.8 Å². The standard InChI is InChI=1S/C19H18N2O/c1-14(2)17-9-6-15(7-10-17)8-11-19(22)21-18-5-3-4-16(12-18)13-20/h3-12,14H,1-2H3,(H,21,22)/b11-8+. The monoisotopic (exact) mass is 290 g/mol. The van der Waals surface area contributed by atoms with Crippen LogP contribution in [-0.4, -0.2) is 5.91 Å². The number of nitrogens with zero attached hydrogens (tertiary/aromatic N) is 1. The van der Waals surface area contributed by atoms with Crippen LogP contribution in [0.25, 0.3) is 6.08 Å². The van der Waals surface area contributed by atoms with Crippen LogP contribution in [0.3, 0.4) is 0 Å². The first kappa shape index (κ1) is 15.5. The maximum absolute atomic E-state index is 11.9. The minimum Gasteiger partial charge on any atom is -0.322 e. The number of benzene rings is 2. The molecule has 0 saturated carbocycles. The lowest BCUT2D eigenvalue weighted by molar-refractivity contribution is -0.111. The lowest BCUT2D eigenvalue weighted by atomic mass is 10.0. The third kappa shape index (κ3) is 4.32. The van der Waals surface area contributed by atoms with Crippen LogP contribution in [0.1, 0.15) is 36.5 Å². The topological polar surface area (TPSA) is 52.9 Å². The molecule has 22 heavy (non-hydrogen) atoms. The summed E-state index contributed by atoms with van der Waals surface area (Å²) in [6, 6.07) is 17.0. The van der Waals surface area contributed by atoms with E-state index in [0.29, 0.717) is 17.2 Å². The van der Waals surface area contributed by atoms with E-state index in [9.17, 15) is 4.79 Å². The Morgan fingerprint density at radius 1 is 1.18 bits per heavy atom. The Labute approximate surface area is 130 Å². The number of nitriles is 1. The van der Waals surface area contributed by atoms with Gasteiger partial charge < -0.3 is 5.32 Å². The zero-order valence-electron chi connectivity index (χ0n) is 12.7. The molecule has 110 valence electrons. The number of carbonyl (C=O) groups is 1. The van der Waals surface area contributed by atoms with E-state index in [-0.39, 0.29) is 5.91 Å². The van der Waals surface area contributed by atoms with Gasteiger partial charge in [-0.2, -0.15) is 5.26 Å². The molecule has 1 N–H and O–H groups in total. The Kier molecular flexibility index (Phi) is 5.11. The first-order valence-electron chi connectivity index (χ1n) is 7.17. The van der Waals surface area contributed by atoms with Crippen molar-refractivity contribution in [2.24, 2.45) is 0 Å². The molecule has 3 heteroatoms. The van der Waals surface area contributed by atoms with Gasteiger partial charge in [0.15, 0.2) is 0 Å². The van der Waals surface area contributed by atoms with Gasteiger partial charge in [0.1, 0.15) is 0 Å². The van der Waals surface area contributed by atoms with E-state index in [2.05, 4.69) is 31.3 Å². The summed E-state index contributed by atoms with van der Waals surface area (Å²) in [5, 5.41) is 11.6. The van der Waals surface area contributed by atoms with Crippen LogP contribution in [0.4, 0.5) is 5.69 Å². The number of nitrogens with one attached hydrogen (secondary N) is 1. The summed E-state index contributed by atoms with van der Waals surface area (Å²) in [4.78, 5) is 11.9. The Morgan fingerprint density at radius 3 is 2.55 bits per heavy atom. The van der Waals surface area contributed by atoms with Crippen LogP contribution in [-0.2, 0) is 4.79 Å². The molecular weight excluding hydrogens is 272 g/mol. The molecule has 0 heterocycles. The number of hydrogen-bond acceptors (Lipinski definition) is 2. The van der Waals surface area contributed by atoms with Gasteiger partial charge in [0, 0.05) is 11.8 Å². The predicted molar refractivity (Wildman–Crippen MR) is 89.4 cm³/mol. The highest BCUT2D eigenvalue weighted by Gasteiger charge is 2.00. The summed E-state index contributed by atoms with van der Waals surface area (Å²) in [5.74, 6) is 0.275. The largest absolute Gasteiger partial charge is 0.322 e. The Hall–Kier alpha value is -2.86. The van der Waals surface area contributed by atoms with Gasteiger partial charge in [-0.1, -0.05) is 44.2 Å². The molecular formula is C19H18N2O. The van der Waals surface area contributed by atoms with Gasteiger partial charge in [0.2, 0.25) is 5.91 Å². The number of hydrogen-bond donors (Lipinski definition) is 1. The van der Waals surface area contributed by atoms with Crippen molar-refractivity contribution in [1.29, 1.82) is 5.26 Å². The normalized spacial score (nSPS) is 10.6. The lowest BCUT2D eigenvalue weighted by Gasteiger charge is -2.05. The van der Waals surface area contributed by atoms with Crippen LogP contribution in [0.15, 0.2) is 54.6 Å². The molecule has 1 amide bonds. The SMILES string of the molecule is CC(C)c1ccc(/C=C/C(=O)Nc2cccc(C#N)c2)cc1. The first-order chi connectivity index (χ1) is 10.6. The van der Waals surface area contributed by atoms with Gasteiger partial charge in [-0.3, -0.25) is 4.79 Å². The van der Waals surface area contributed by atoms with E-state index >= 15 is 0 Å². The Bertz CT molecular complexity index is 722. The average Bonchev–Trinajstić information content (AvgIpc) is 2.53. The number of amides is 1. The minimum atomic E-state index is -0.219. The van der Waals surface area contributed by atoms with E-state index in [4.69, 9.17) is 5.26 Å². The van der Waals surface area contributed by atoms with E-state index in [1.54, 1.807) is 30.3 Å². The predicted octanol–water partition coefficient (Wildman–Crippen LogP) is 4.33. The van der Waals surface area contributed by atoms with Gasteiger partial charge in [-0.05, 0) is 41.3 Å². The summed E-state index contributed by atoms with van der Waals surface area (Å²) in [6.07, 6.45) is 3.26. The maximum Gasteiger partial charge on any atom is 0.248 e. The van der Waals surface area contributed by atoms with Crippen molar-refractivity contribution in [3.05, 3.63) is 71.3 Å². The summed E-state index contributed by atoms with van der Waals surface area (Å²) < 4.78 is 0. The molecule has 2 aromatic carbocycles. The zero-order valence-corrected chi connectivity index (χ0v) is 12.7. The molecule has 0 bridgehead atoms. The van der Waals surface area contributed by atoms with Crippen molar-refractivity contribution >= 4 is 17.7 Å². The van der Waals surface area contributed by atoms with E-state index < -0.39 is 0 Å². The summed E-state index contributed by atoms with van der Waals surface area (Å²) in [6.45, 7) is 4.29. The van der Waals surface area contributed by atoms with Crippen LogP contribution in [0.5, 0.6) is 0 Å². The van der Waals surface area contributed by atoms with Crippen LogP contribution >= 0.6 is 0 Å². The van der Waals surface area contributed by atoms with Gasteiger partial charge in [-0.15, -0.1) is 0 Å². The molecule has 0 aliphatic carbocycles. The second-order valence-corrected chi connectivity index (χ2v) is 5.34. The fraction of sp³-hybridized carbons (Fsp3) is 0.158. The van der Waals surface area contributed by atoms with Crippen LogP contribution < -0.4 is 5.32 Å². The maximum atomic E-state index is 11.9. The lowest BCUT2D eigenvalue weighted by Crippen LogP contribution is -2.07. The number of rotatable bonds is 4. The number of carbonyl (C=O) groups excluding carboxylic acids is 1. The first-order valence-corrected chi connectivity index (χ1v) is 7.17. The molecule has 3 nitrogen and oxygen atoms in total. The molecule has 0 spiro atoms. The van der Waals surface area contributed by atoms with Crippen LogP contribution in [0.2, 0.25) is 0 Å². The molecule has 0 fully saturated rings. The highest BCUT2D eigenvalue weighted by Crippen LogP contribution is 2.15. The molecule has 0 saturated heterocycles. The van der Waals surface area contributed by atoms with E-state index in [1.165, 1.54) is 11.6 Å². The summed E-state index contributed by atoms with van der Waals surface area (Å²) in [5.41, 5.74) is 3.38. The highest BCUT2D eigenvalue weighted by atomic mass is 16.1. The molecule has 2 rings (SSSR count). The summed E-state index contributed by atoms with van der Waals surface area (Å²) in [7, 11) is 0. The molecule has 0 radical (unpaired) electrons.